The SMILES string of the molecule is COC(=O)N[C@H](C(=O)N1CC2(CC2)C[C@H]1c1ncc(-c2ccc(C#Cc3ccc4nc([C@@H]5CC6(CC6)CN5C(=O)[C@H](NC(=O)OC(C)(C)C)[C@H](C)c5ccccc5)[nH]c4c3)cc2)[nH]1)C(C)C. The number of benzene rings is 3. The zero-order chi connectivity index (χ0) is 46.5. The van der Waals surface area contributed by atoms with Crippen molar-refractivity contribution in [2.24, 2.45) is 16.7 Å². The Morgan fingerprint density at radius 3 is 1.95 bits per heavy atom. The van der Waals surface area contributed by atoms with E-state index in [0.29, 0.717) is 13.1 Å². The Bertz CT molecular complexity index is 2700. The maximum atomic E-state index is 14.7. The first-order chi connectivity index (χ1) is 31.5. The number of rotatable bonds is 10. The molecule has 4 aliphatic rings. The Balaban J connectivity index is 0.898. The van der Waals surface area contributed by atoms with Crippen LogP contribution in [0.2, 0.25) is 0 Å². The average Bonchev–Trinajstić information content (AvgIpc) is 3.91. The van der Waals surface area contributed by atoms with Crippen LogP contribution >= 0.6 is 0 Å². The molecule has 0 radical (unpaired) electrons. The molecule has 0 unspecified atom stereocenters. The highest BCUT2D eigenvalue weighted by Gasteiger charge is 2.56. The quantitative estimate of drug-likeness (QED) is 0.101. The van der Waals surface area contributed by atoms with Crippen LogP contribution in [0.15, 0.2) is 79.0 Å². The van der Waals surface area contributed by atoms with E-state index in [0.717, 1.165) is 89.2 Å². The molecule has 3 aromatic carbocycles. The van der Waals surface area contributed by atoms with E-state index >= 15 is 0 Å². The van der Waals surface area contributed by atoms with Crippen LogP contribution < -0.4 is 10.6 Å². The van der Waals surface area contributed by atoms with Crippen LogP contribution in [0, 0.1) is 28.6 Å². The number of carbonyl (C=O) groups is 4. The molecule has 2 aliphatic heterocycles. The molecule has 2 saturated carbocycles. The number of aromatic nitrogens is 4. The van der Waals surface area contributed by atoms with Crippen LogP contribution in [0.25, 0.3) is 22.3 Å². The van der Waals surface area contributed by atoms with E-state index in [2.05, 4.69) is 32.4 Å². The molecule has 4 fully saturated rings. The second-order valence-electron chi connectivity index (χ2n) is 20.4. The third kappa shape index (κ3) is 9.39. The molecule has 2 aliphatic carbocycles. The van der Waals surface area contributed by atoms with Crippen molar-refractivity contribution in [3.8, 4) is 23.1 Å². The van der Waals surface area contributed by atoms with Gasteiger partial charge in [-0.25, -0.2) is 19.6 Å². The van der Waals surface area contributed by atoms with E-state index in [1.165, 1.54) is 7.11 Å². The standard InChI is InChI=1S/C52H60N8O6/c1-31(2)42(57-48(63)65-7)46(61)59-29-51(21-22-51)26-40(59)44-53-28-39(56-44)36-18-15-33(16-19-36)13-14-34-17-20-37-38(25-34)55-45(54-37)41-27-52(23-24-52)30-60(41)47(62)43(58-49(64)66-50(4,5)6)32(3)35-11-9-8-10-12-35/h8-12,15-20,25,28,31-32,40-43H,21-24,26-27,29-30H2,1-7H3,(H,53,56)(H,54,55)(H,57,63)(H,58,64)/t32-,40+,41+,42+,43-/m1/s1. The molecule has 0 bridgehead atoms. The highest BCUT2D eigenvalue weighted by Crippen LogP contribution is 2.59. The fraction of sp³-hybridized carbons (Fsp3) is 0.462. The van der Waals surface area contributed by atoms with E-state index < -0.39 is 29.9 Å². The van der Waals surface area contributed by atoms with Gasteiger partial charge in [0, 0.05) is 30.1 Å². The van der Waals surface area contributed by atoms with Crippen molar-refractivity contribution in [2.45, 2.75) is 116 Å². The van der Waals surface area contributed by atoms with Crippen LogP contribution in [0.4, 0.5) is 9.59 Å². The number of carbonyl (C=O) groups excluding carboxylic acids is 4. The van der Waals surface area contributed by atoms with Crippen molar-refractivity contribution in [2.75, 3.05) is 20.2 Å². The fourth-order valence-electron chi connectivity index (χ4n) is 9.78. The topological polar surface area (TPSA) is 175 Å². The number of imidazole rings is 2. The highest BCUT2D eigenvalue weighted by atomic mass is 16.6. The summed E-state index contributed by atoms with van der Waals surface area (Å²) < 4.78 is 10.5. The number of hydrogen-bond acceptors (Lipinski definition) is 8. The lowest BCUT2D eigenvalue weighted by Crippen LogP contribution is -2.52. The third-order valence-electron chi connectivity index (χ3n) is 13.9. The maximum absolute atomic E-state index is 14.7. The van der Waals surface area contributed by atoms with Crippen LogP contribution in [-0.2, 0) is 19.1 Å². The molecule has 2 spiro atoms. The molecule has 2 aromatic heterocycles. The number of methoxy groups -OCH3 is 1. The Labute approximate surface area is 386 Å². The van der Waals surface area contributed by atoms with Crippen molar-refractivity contribution in [3.05, 3.63) is 107 Å². The molecule has 9 rings (SSSR count). The predicted octanol–water partition coefficient (Wildman–Crippen LogP) is 8.54. The minimum Gasteiger partial charge on any atom is -0.453 e. The molecule has 14 heteroatoms. The van der Waals surface area contributed by atoms with Gasteiger partial charge < -0.3 is 39.9 Å². The number of amides is 4. The van der Waals surface area contributed by atoms with E-state index in [1.54, 1.807) is 0 Å². The van der Waals surface area contributed by atoms with Gasteiger partial charge in [0.1, 0.15) is 29.3 Å². The number of H-pyrrole nitrogens is 2. The van der Waals surface area contributed by atoms with Gasteiger partial charge >= 0.3 is 12.2 Å². The molecule has 4 N–H and O–H groups in total. The van der Waals surface area contributed by atoms with Crippen molar-refractivity contribution in [1.82, 2.24) is 40.4 Å². The van der Waals surface area contributed by atoms with Crippen molar-refractivity contribution in [1.29, 1.82) is 0 Å². The minimum atomic E-state index is -0.840. The summed E-state index contributed by atoms with van der Waals surface area (Å²) in [4.78, 5) is 74.5. The normalized spacial score (nSPS) is 20.4. The largest absolute Gasteiger partial charge is 0.453 e. The van der Waals surface area contributed by atoms with Crippen LogP contribution in [0.5, 0.6) is 0 Å². The molecule has 14 nitrogen and oxygen atoms in total. The highest BCUT2D eigenvalue weighted by molar-refractivity contribution is 5.88. The van der Waals surface area contributed by atoms with E-state index in [9.17, 15) is 19.2 Å². The number of nitrogens with one attached hydrogen (secondary N) is 4. The zero-order valence-electron chi connectivity index (χ0n) is 38.9. The predicted molar refractivity (Wildman–Crippen MR) is 250 cm³/mol. The molecular formula is C52H60N8O6. The lowest BCUT2D eigenvalue weighted by Gasteiger charge is -2.32. The molecule has 344 valence electrons. The summed E-state index contributed by atoms with van der Waals surface area (Å²) in [6, 6.07) is 21.6. The first-order valence-corrected chi connectivity index (χ1v) is 23.2. The van der Waals surface area contributed by atoms with Gasteiger partial charge in [-0.15, -0.1) is 0 Å². The number of ether oxygens (including phenoxy) is 2. The number of likely N-dealkylation sites (tertiary alicyclic amines) is 2. The second kappa shape index (κ2) is 17.3. The fourth-order valence-corrected chi connectivity index (χ4v) is 9.78. The average molecular weight is 893 g/mol. The summed E-state index contributed by atoms with van der Waals surface area (Å²) in [5.74, 6) is 7.39. The van der Waals surface area contributed by atoms with Gasteiger partial charge in [-0.3, -0.25) is 9.59 Å². The Kier molecular flexibility index (Phi) is 11.7. The van der Waals surface area contributed by atoms with Gasteiger partial charge in [0.2, 0.25) is 11.8 Å². The lowest BCUT2D eigenvalue weighted by atomic mass is 9.92. The molecule has 5 atom stereocenters. The smallest absolute Gasteiger partial charge is 0.408 e. The Morgan fingerprint density at radius 2 is 1.35 bits per heavy atom. The molecule has 66 heavy (non-hydrogen) atoms. The summed E-state index contributed by atoms with van der Waals surface area (Å²) >= 11 is 0. The van der Waals surface area contributed by atoms with Crippen molar-refractivity contribution >= 4 is 35.0 Å². The maximum Gasteiger partial charge on any atom is 0.408 e. The molecular weight excluding hydrogens is 833 g/mol. The number of alkyl carbamates (subject to hydrolysis) is 2. The van der Waals surface area contributed by atoms with Gasteiger partial charge in [-0.05, 0) is 118 Å². The lowest BCUT2D eigenvalue weighted by molar-refractivity contribution is -0.136. The van der Waals surface area contributed by atoms with Gasteiger partial charge in [0.25, 0.3) is 0 Å². The van der Waals surface area contributed by atoms with Gasteiger partial charge in [0.05, 0.1) is 42.1 Å². The third-order valence-corrected chi connectivity index (χ3v) is 13.9. The summed E-state index contributed by atoms with van der Waals surface area (Å²) in [7, 11) is 1.30. The van der Waals surface area contributed by atoms with Crippen LogP contribution in [0.3, 0.4) is 0 Å². The van der Waals surface area contributed by atoms with Crippen molar-refractivity contribution in [3.63, 3.8) is 0 Å². The summed E-state index contributed by atoms with van der Waals surface area (Å²) in [5.41, 5.74) is 5.48. The molecule has 4 heterocycles. The molecule has 5 aromatic rings. The second-order valence-corrected chi connectivity index (χ2v) is 20.4. The van der Waals surface area contributed by atoms with E-state index in [4.69, 9.17) is 19.4 Å². The minimum absolute atomic E-state index is 0.0532. The summed E-state index contributed by atoms with van der Waals surface area (Å²) in [6.07, 6.45) is 6.45. The van der Waals surface area contributed by atoms with E-state index in [1.807, 2.05) is 130 Å². The first-order valence-electron chi connectivity index (χ1n) is 23.2. The number of fused-ring (bicyclic) bond motifs is 1. The summed E-state index contributed by atoms with van der Waals surface area (Å²) in [6.45, 7) is 12.5. The van der Waals surface area contributed by atoms with E-state index in [-0.39, 0.29) is 46.6 Å². The number of aromatic amines is 2. The number of nitrogens with zero attached hydrogens (tertiary/aromatic N) is 4. The molecule has 2 saturated heterocycles. The van der Waals surface area contributed by atoms with Crippen molar-refractivity contribution < 1.29 is 28.7 Å². The monoisotopic (exact) mass is 892 g/mol. The van der Waals surface area contributed by atoms with Gasteiger partial charge in [-0.1, -0.05) is 75.1 Å². The zero-order valence-corrected chi connectivity index (χ0v) is 38.9. The summed E-state index contributed by atoms with van der Waals surface area (Å²) in [5, 5.41) is 5.69. The first kappa shape index (κ1) is 44.6. The molecule has 4 amide bonds. The van der Waals surface area contributed by atoms with Crippen LogP contribution in [0.1, 0.15) is 126 Å². The Morgan fingerprint density at radius 1 is 0.758 bits per heavy atom. The Hall–Kier alpha value is -6.62. The van der Waals surface area contributed by atoms with Gasteiger partial charge in [-0.2, -0.15) is 0 Å². The van der Waals surface area contributed by atoms with Crippen LogP contribution in [-0.4, -0.2) is 91.6 Å². The van der Waals surface area contributed by atoms with Gasteiger partial charge in [0.15, 0.2) is 0 Å². The number of hydrogen-bond donors (Lipinski definition) is 4.